The molecule has 116 valence electrons. The van der Waals surface area contributed by atoms with Crippen LogP contribution in [0.1, 0.15) is 12.8 Å². The first-order chi connectivity index (χ1) is 10.4. The lowest BCUT2D eigenvalue weighted by Gasteiger charge is -2.39. The molecule has 2 N–H and O–H groups in total. The lowest BCUT2D eigenvalue weighted by Crippen LogP contribution is -2.56. The molecule has 2 fully saturated rings. The lowest BCUT2D eigenvalue weighted by molar-refractivity contribution is -0.151. The summed E-state index contributed by atoms with van der Waals surface area (Å²) in [6.45, 7) is 0.312. The van der Waals surface area contributed by atoms with Crippen LogP contribution in [0.3, 0.4) is 0 Å². The van der Waals surface area contributed by atoms with Crippen LogP contribution in [-0.2, 0) is 24.0 Å². The lowest BCUT2D eigenvalue weighted by atomic mass is 9.99. The molecule has 3 aliphatic heterocycles. The summed E-state index contributed by atoms with van der Waals surface area (Å²) in [6, 6.07) is -0.997. The third-order valence-corrected chi connectivity index (χ3v) is 4.03. The van der Waals surface area contributed by atoms with Gasteiger partial charge in [0, 0.05) is 25.6 Å². The second-order valence-corrected chi connectivity index (χ2v) is 5.45. The molecule has 1 atom stereocenters. The molecule has 0 aromatic heterocycles. The fraction of sp³-hybridized carbons (Fsp3) is 0.462. The Hall–Kier alpha value is -2.71. The van der Waals surface area contributed by atoms with Crippen molar-refractivity contribution in [1.29, 1.82) is 0 Å². The minimum absolute atomic E-state index is 0.0631. The third-order valence-electron chi connectivity index (χ3n) is 4.03. The molecule has 3 aliphatic rings. The summed E-state index contributed by atoms with van der Waals surface area (Å²) in [6.07, 6.45) is 1.28. The molecule has 4 amide bonds. The molecule has 0 aliphatic carbocycles. The van der Waals surface area contributed by atoms with E-state index in [1.54, 1.807) is 0 Å². The molecule has 0 aromatic carbocycles. The molecule has 0 saturated carbocycles. The summed E-state index contributed by atoms with van der Waals surface area (Å²) >= 11 is 0. The van der Waals surface area contributed by atoms with E-state index >= 15 is 0 Å². The van der Waals surface area contributed by atoms with Crippen LogP contribution in [0.15, 0.2) is 11.8 Å². The summed E-state index contributed by atoms with van der Waals surface area (Å²) < 4.78 is 0. The first kappa shape index (κ1) is 14.2. The number of nitrogens with zero attached hydrogens (tertiary/aromatic N) is 2. The van der Waals surface area contributed by atoms with Gasteiger partial charge in [0.05, 0.1) is 5.92 Å². The number of likely N-dealkylation sites (tertiary alicyclic amines) is 1. The Morgan fingerprint density at radius 1 is 1.23 bits per heavy atom. The van der Waals surface area contributed by atoms with Crippen molar-refractivity contribution >= 4 is 29.6 Å². The Kier molecular flexibility index (Phi) is 3.19. The number of aliphatic carboxylic acids is 1. The Morgan fingerprint density at radius 2 is 1.91 bits per heavy atom. The molecular formula is C13H13N3O6. The first-order valence-electron chi connectivity index (χ1n) is 6.79. The number of carbonyl (C=O) groups excluding carboxylic acids is 4. The number of piperidine rings is 1. The van der Waals surface area contributed by atoms with E-state index in [0.29, 0.717) is 0 Å². The summed E-state index contributed by atoms with van der Waals surface area (Å²) in [7, 11) is 0. The van der Waals surface area contributed by atoms with Gasteiger partial charge in [-0.1, -0.05) is 0 Å². The molecule has 3 heterocycles. The average Bonchev–Trinajstić information content (AvgIpc) is 2.64. The second-order valence-electron chi connectivity index (χ2n) is 5.45. The molecule has 2 saturated heterocycles. The summed E-state index contributed by atoms with van der Waals surface area (Å²) in [5.74, 6) is -3.85. The highest BCUT2D eigenvalue weighted by Crippen LogP contribution is 2.28. The molecular weight excluding hydrogens is 294 g/mol. The van der Waals surface area contributed by atoms with Crippen molar-refractivity contribution < 1.29 is 29.1 Å². The smallest absolute Gasteiger partial charge is 0.310 e. The Labute approximate surface area is 124 Å². The molecule has 1 unspecified atom stereocenters. The van der Waals surface area contributed by atoms with Gasteiger partial charge < -0.3 is 10.0 Å². The monoisotopic (exact) mass is 307 g/mol. The zero-order chi connectivity index (χ0) is 16.0. The number of hydrogen-bond donors (Lipinski definition) is 2. The largest absolute Gasteiger partial charge is 0.481 e. The maximum atomic E-state index is 12.3. The first-order valence-corrected chi connectivity index (χ1v) is 6.79. The number of amides is 4. The average molecular weight is 307 g/mol. The highest BCUT2D eigenvalue weighted by atomic mass is 16.4. The van der Waals surface area contributed by atoms with Gasteiger partial charge in [-0.2, -0.15) is 0 Å². The predicted molar refractivity (Wildman–Crippen MR) is 68.8 cm³/mol. The normalized spacial score (nSPS) is 26.0. The van der Waals surface area contributed by atoms with Crippen molar-refractivity contribution in [2.75, 3.05) is 13.1 Å². The van der Waals surface area contributed by atoms with Gasteiger partial charge in [-0.05, 0) is 6.42 Å². The SMILES string of the molecule is O=C1CCC(N2C(=O)C=C(N3CC(C(=O)O)C3)C2=O)C(=O)N1. The molecule has 9 heteroatoms. The Balaban J connectivity index is 1.71. The minimum Gasteiger partial charge on any atom is -0.481 e. The van der Waals surface area contributed by atoms with Crippen molar-refractivity contribution in [2.45, 2.75) is 18.9 Å². The molecule has 3 rings (SSSR count). The van der Waals surface area contributed by atoms with E-state index in [1.807, 2.05) is 0 Å². The predicted octanol–water partition coefficient (Wildman–Crippen LogP) is -1.94. The van der Waals surface area contributed by atoms with Crippen LogP contribution in [0.5, 0.6) is 0 Å². The van der Waals surface area contributed by atoms with E-state index < -0.39 is 41.6 Å². The summed E-state index contributed by atoms with van der Waals surface area (Å²) in [4.78, 5) is 60.4. The van der Waals surface area contributed by atoms with Crippen LogP contribution in [0.2, 0.25) is 0 Å². The summed E-state index contributed by atoms with van der Waals surface area (Å²) in [5, 5.41) is 10.9. The van der Waals surface area contributed by atoms with E-state index in [9.17, 15) is 24.0 Å². The third kappa shape index (κ3) is 2.14. The second kappa shape index (κ2) is 4.93. The van der Waals surface area contributed by atoms with Crippen LogP contribution in [0.25, 0.3) is 0 Å². The quantitative estimate of drug-likeness (QED) is 0.581. The van der Waals surface area contributed by atoms with Gasteiger partial charge in [0.25, 0.3) is 11.8 Å². The number of carboxylic acids is 1. The van der Waals surface area contributed by atoms with Crippen LogP contribution in [-0.4, -0.2) is 63.6 Å². The molecule has 9 nitrogen and oxygen atoms in total. The number of nitrogens with one attached hydrogen (secondary N) is 1. The van der Waals surface area contributed by atoms with Crippen molar-refractivity contribution in [1.82, 2.24) is 15.1 Å². The summed E-state index contributed by atoms with van der Waals surface area (Å²) in [5.41, 5.74) is 0.104. The Morgan fingerprint density at radius 3 is 2.50 bits per heavy atom. The number of carbonyl (C=O) groups is 5. The standard InChI is InChI=1S/C13H13N3O6/c17-9-2-1-7(11(19)14-9)16-10(18)3-8(12(16)20)15-4-6(5-15)13(21)22/h3,6-7H,1-2,4-5H2,(H,21,22)(H,14,17,19). The minimum atomic E-state index is -0.997. The van der Waals surface area contributed by atoms with Crippen molar-refractivity contribution in [2.24, 2.45) is 5.92 Å². The van der Waals surface area contributed by atoms with E-state index in [0.717, 1.165) is 11.0 Å². The molecule has 0 bridgehead atoms. The van der Waals surface area contributed by atoms with Crippen LogP contribution in [0, 0.1) is 5.92 Å². The molecule has 0 radical (unpaired) electrons. The number of carboxylic acid groups (broad SMARTS) is 1. The fourth-order valence-corrected chi connectivity index (χ4v) is 2.75. The number of imide groups is 2. The highest BCUT2D eigenvalue weighted by Gasteiger charge is 2.46. The van der Waals surface area contributed by atoms with Gasteiger partial charge >= 0.3 is 5.97 Å². The van der Waals surface area contributed by atoms with Gasteiger partial charge in [-0.15, -0.1) is 0 Å². The highest BCUT2D eigenvalue weighted by molar-refractivity contribution is 6.18. The van der Waals surface area contributed by atoms with Gasteiger partial charge in [-0.25, -0.2) is 0 Å². The van der Waals surface area contributed by atoms with Crippen molar-refractivity contribution in [3.05, 3.63) is 11.8 Å². The number of rotatable bonds is 3. The van der Waals surface area contributed by atoms with Crippen LogP contribution >= 0.6 is 0 Å². The number of hydrogen-bond acceptors (Lipinski definition) is 6. The molecule has 0 spiro atoms. The fourth-order valence-electron chi connectivity index (χ4n) is 2.75. The Bertz CT molecular complexity index is 634. The maximum absolute atomic E-state index is 12.3. The molecule has 0 aromatic rings. The van der Waals surface area contributed by atoms with Gasteiger partial charge in [0.2, 0.25) is 11.8 Å². The van der Waals surface area contributed by atoms with Gasteiger partial charge in [0.1, 0.15) is 11.7 Å². The van der Waals surface area contributed by atoms with Crippen molar-refractivity contribution in [3.63, 3.8) is 0 Å². The van der Waals surface area contributed by atoms with E-state index in [-0.39, 0.29) is 31.6 Å². The van der Waals surface area contributed by atoms with E-state index in [1.165, 1.54) is 4.90 Å². The van der Waals surface area contributed by atoms with Crippen molar-refractivity contribution in [3.8, 4) is 0 Å². The van der Waals surface area contributed by atoms with E-state index in [4.69, 9.17) is 5.11 Å². The topological polar surface area (TPSA) is 124 Å². The van der Waals surface area contributed by atoms with Crippen LogP contribution < -0.4 is 5.32 Å². The zero-order valence-electron chi connectivity index (χ0n) is 11.4. The van der Waals surface area contributed by atoms with E-state index in [2.05, 4.69) is 5.32 Å². The molecule has 22 heavy (non-hydrogen) atoms. The van der Waals surface area contributed by atoms with Gasteiger partial charge in [-0.3, -0.25) is 34.2 Å². The zero-order valence-corrected chi connectivity index (χ0v) is 11.4. The van der Waals surface area contributed by atoms with Crippen LogP contribution in [0.4, 0.5) is 0 Å². The maximum Gasteiger partial charge on any atom is 0.310 e. The van der Waals surface area contributed by atoms with Gasteiger partial charge in [0.15, 0.2) is 0 Å².